The molecule has 2 aliphatic carbocycles. The summed E-state index contributed by atoms with van der Waals surface area (Å²) in [5, 5.41) is 0. The van der Waals surface area contributed by atoms with Crippen molar-refractivity contribution in [2.75, 3.05) is 13.1 Å². The van der Waals surface area contributed by atoms with Gasteiger partial charge in [0.2, 0.25) is 5.78 Å². The van der Waals surface area contributed by atoms with Crippen molar-refractivity contribution in [1.82, 2.24) is 4.90 Å². The van der Waals surface area contributed by atoms with Crippen molar-refractivity contribution in [1.29, 1.82) is 0 Å². The second-order valence-corrected chi connectivity index (χ2v) is 5.55. The normalized spacial score (nSPS) is 29.5. The van der Waals surface area contributed by atoms with Crippen LogP contribution in [0.1, 0.15) is 38.5 Å². The number of carbonyl (C=O) groups excluding carboxylic acids is 2. The lowest BCUT2D eigenvalue weighted by Gasteiger charge is -2.55. The van der Waals surface area contributed by atoms with Gasteiger partial charge in [-0.25, -0.2) is 0 Å². The van der Waals surface area contributed by atoms with Crippen LogP contribution in [0.3, 0.4) is 0 Å². The smallest absolute Gasteiger partial charge is 0.290 e. The summed E-state index contributed by atoms with van der Waals surface area (Å²) < 4.78 is 0. The summed E-state index contributed by atoms with van der Waals surface area (Å²) in [4.78, 5) is 24.2. The third-order valence-corrected chi connectivity index (χ3v) is 4.47. The Morgan fingerprint density at radius 3 is 2.47 bits per heavy atom. The summed E-state index contributed by atoms with van der Waals surface area (Å²) in [7, 11) is 0. The maximum atomic E-state index is 11.4. The second kappa shape index (κ2) is 3.06. The summed E-state index contributed by atoms with van der Waals surface area (Å²) in [6.07, 6.45) is 7.23. The highest BCUT2D eigenvalue weighted by Crippen LogP contribution is 2.58. The highest BCUT2D eigenvalue weighted by atomic mass is 16.2. The van der Waals surface area contributed by atoms with Gasteiger partial charge in [0.1, 0.15) is 0 Å². The molecule has 0 N–H and O–H groups in total. The molecule has 1 saturated heterocycles. The molecule has 1 heterocycles. The van der Waals surface area contributed by atoms with E-state index < -0.39 is 0 Å². The molecule has 0 unspecified atom stereocenters. The van der Waals surface area contributed by atoms with E-state index in [2.05, 4.69) is 0 Å². The van der Waals surface area contributed by atoms with Crippen LogP contribution in [-0.2, 0) is 9.59 Å². The summed E-state index contributed by atoms with van der Waals surface area (Å²) in [6, 6.07) is 0. The Labute approximate surface area is 89.8 Å². The van der Waals surface area contributed by atoms with Crippen molar-refractivity contribution in [3.63, 3.8) is 0 Å². The number of carbonyl (C=O) groups is 2. The molecule has 3 aliphatic rings. The topological polar surface area (TPSA) is 37.4 Å². The van der Waals surface area contributed by atoms with Crippen molar-refractivity contribution < 1.29 is 9.59 Å². The fraction of sp³-hybridized carbons (Fsp3) is 0.833. The van der Waals surface area contributed by atoms with Crippen LogP contribution in [0, 0.1) is 11.3 Å². The molecular formula is C12H17NO2. The van der Waals surface area contributed by atoms with E-state index in [9.17, 15) is 9.59 Å². The highest BCUT2D eigenvalue weighted by molar-refractivity contribution is 6.37. The Kier molecular flexibility index (Phi) is 1.91. The number of nitrogens with zero attached hydrogens (tertiary/aromatic N) is 1. The molecule has 3 nitrogen and oxygen atoms in total. The van der Waals surface area contributed by atoms with Gasteiger partial charge in [-0.05, 0) is 37.0 Å². The third-order valence-electron chi connectivity index (χ3n) is 4.47. The Morgan fingerprint density at radius 1 is 1.27 bits per heavy atom. The van der Waals surface area contributed by atoms with Crippen molar-refractivity contribution in [3.8, 4) is 0 Å². The number of likely N-dealkylation sites (tertiary alicyclic amines) is 1. The zero-order valence-electron chi connectivity index (χ0n) is 9.00. The molecule has 1 aliphatic heterocycles. The number of ketones is 1. The van der Waals surface area contributed by atoms with Gasteiger partial charge in [0, 0.05) is 19.5 Å². The minimum atomic E-state index is -0.232. The molecule has 0 radical (unpaired) electrons. The first kappa shape index (κ1) is 9.37. The average molecular weight is 207 g/mol. The number of rotatable bonds is 2. The first-order valence-corrected chi connectivity index (χ1v) is 6.01. The molecule has 3 heteroatoms. The standard InChI is InChI=1S/C12H17NO2/c14-10-2-5-13(11(10)15)8-9-6-12(7-9)3-1-4-12/h9H,1-8H2. The minimum Gasteiger partial charge on any atom is -0.335 e. The Bertz CT molecular complexity index is 312. The van der Waals surface area contributed by atoms with E-state index >= 15 is 0 Å². The minimum absolute atomic E-state index is 0.187. The Hall–Kier alpha value is -0.860. The molecule has 1 spiro atoms. The van der Waals surface area contributed by atoms with Crippen LogP contribution in [0.5, 0.6) is 0 Å². The summed E-state index contributed by atoms with van der Waals surface area (Å²) in [6.45, 7) is 1.51. The molecule has 0 aromatic rings. The quantitative estimate of drug-likeness (QED) is 0.641. The van der Waals surface area contributed by atoms with E-state index in [4.69, 9.17) is 0 Å². The zero-order valence-corrected chi connectivity index (χ0v) is 9.00. The summed E-state index contributed by atoms with van der Waals surface area (Å²) in [5.74, 6) is 0.261. The molecule has 1 amide bonds. The summed E-state index contributed by atoms with van der Waals surface area (Å²) >= 11 is 0. The van der Waals surface area contributed by atoms with Crippen LogP contribution in [0.25, 0.3) is 0 Å². The molecule has 82 valence electrons. The maximum Gasteiger partial charge on any atom is 0.290 e. The third kappa shape index (κ3) is 1.40. The number of hydrogen-bond acceptors (Lipinski definition) is 2. The number of Topliss-reactive ketones (excluding diaryl/α,β-unsaturated/α-hetero) is 1. The lowest BCUT2D eigenvalue weighted by atomic mass is 9.52. The van der Waals surface area contributed by atoms with E-state index in [0.29, 0.717) is 24.3 Å². The maximum absolute atomic E-state index is 11.4. The van der Waals surface area contributed by atoms with E-state index in [1.54, 1.807) is 4.90 Å². The highest BCUT2D eigenvalue weighted by Gasteiger charge is 2.48. The zero-order chi connectivity index (χ0) is 10.5. The number of hydrogen-bond donors (Lipinski definition) is 0. The van der Waals surface area contributed by atoms with E-state index in [1.807, 2.05) is 0 Å². The van der Waals surface area contributed by atoms with Gasteiger partial charge in [0.05, 0.1) is 0 Å². The van der Waals surface area contributed by atoms with E-state index in [1.165, 1.54) is 32.1 Å². The molecule has 0 aromatic heterocycles. The molecular weight excluding hydrogens is 190 g/mol. The first-order valence-electron chi connectivity index (χ1n) is 6.01. The van der Waals surface area contributed by atoms with Gasteiger partial charge in [-0.2, -0.15) is 0 Å². The second-order valence-electron chi connectivity index (χ2n) is 5.55. The van der Waals surface area contributed by atoms with Crippen LogP contribution in [0.15, 0.2) is 0 Å². The van der Waals surface area contributed by atoms with Gasteiger partial charge in [-0.1, -0.05) is 6.42 Å². The van der Waals surface area contributed by atoms with Crippen molar-refractivity contribution in [2.45, 2.75) is 38.5 Å². The SMILES string of the molecule is O=C1CCN(CC2CC3(CCC3)C2)C1=O. The lowest BCUT2D eigenvalue weighted by Crippen LogP contribution is -2.47. The van der Waals surface area contributed by atoms with Crippen molar-refractivity contribution in [3.05, 3.63) is 0 Å². The van der Waals surface area contributed by atoms with Crippen LogP contribution in [-0.4, -0.2) is 29.7 Å². The fourth-order valence-corrected chi connectivity index (χ4v) is 3.49. The van der Waals surface area contributed by atoms with Crippen molar-refractivity contribution >= 4 is 11.7 Å². The van der Waals surface area contributed by atoms with Gasteiger partial charge in [-0.15, -0.1) is 0 Å². The first-order chi connectivity index (χ1) is 7.19. The van der Waals surface area contributed by atoms with Crippen LogP contribution in [0.2, 0.25) is 0 Å². The number of amides is 1. The lowest BCUT2D eigenvalue weighted by molar-refractivity contribution is -0.141. The average Bonchev–Trinajstić information content (AvgIpc) is 2.38. The fourth-order valence-electron chi connectivity index (χ4n) is 3.49. The molecule has 0 bridgehead atoms. The van der Waals surface area contributed by atoms with Crippen molar-refractivity contribution in [2.24, 2.45) is 11.3 Å². The van der Waals surface area contributed by atoms with Gasteiger partial charge in [-0.3, -0.25) is 9.59 Å². The van der Waals surface area contributed by atoms with E-state index in [0.717, 1.165) is 6.54 Å². The predicted molar refractivity (Wildman–Crippen MR) is 55.2 cm³/mol. The van der Waals surface area contributed by atoms with Crippen LogP contribution >= 0.6 is 0 Å². The molecule has 2 saturated carbocycles. The molecule has 3 rings (SSSR count). The molecule has 3 fully saturated rings. The van der Waals surface area contributed by atoms with Gasteiger partial charge in [0.15, 0.2) is 0 Å². The Balaban J connectivity index is 1.51. The van der Waals surface area contributed by atoms with Crippen LogP contribution < -0.4 is 0 Å². The molecule has 0 atom stereocenters. The summed E-state index contributed by atoms with van der Waals surface area (Å²) in [5.41, 5.74) is 0.678. The predicted octanol–water partition coefficient (Wildman–Crippen LogP) is 1.37. The molecule has 0 aromatic carbocycles. The van der Waals surface area contributed by atoms with E-state index in [-0.39, 0.29) is 11.7 Å². The Morgan fingerprint density at radius 2 is 2.00 bits per heavy atom. The van der Waals surface area contributed by atoms with Gasteiger partial charge in [0.25, 0.3) is 5.91 Å². The monoisotopic (exact) mass is 207 g/mol. The largest absolute Gasteiger partial charge is 0.335 e. The molecule has 15 heavy (non-hydrogen) atoms. The van der Waals surface area contributed by atoms with Gasteiger partial charge >= 0.3 is 0 Å². The van der Waals surface area contributed by atoms with Gasteiger partial charge < -0.3 is 4.90 Å². The van der Waals surface area contributed by atoms with Crippen LogP contribution in [0.4, 0.5) is 0 Å².